The van der Waals surface area contributed by atoms with Gasteiger partial charge in [-0.1, -0.05) is 41.4 Å². The van der Waals surface area contributed by atoms with Gasteiger partial charge in [-0.3, -0.25) is 0 Å². The van der Waals surface area contributed by atoms with Crippen molar-refractivity contribution in [2.24, 2.45) is 0 Å². The van der Waals surface area contributed by atoms with Crippen LogP contribution in [0.2, 0.25) is 0 Å². The Balaban J connectivity index is 2.36. The number of benzene rings is 1. The lowest BCUT2D eigenvalue weighted by atomic mass is 10.1. The van der Waals surface area contributed by atoms with E-state index in [1.807, 2.05) is 10.9 Å². The van der Waals surface area contributed by atoms with Gasteiger partial charge in [0.25, 0.3) is 0 Å². The Morgan fingerprint density at radius 3 is 2.83 bits per heavy atom. The molecule has 18 heavy (non-hydrogen) atoms. The third kappa shape index (κ3) is 2.58. The number of imidazole rings is 1. The number of hydrogen-bond donors (Lipinski definition) is 1. The number of aromatic nitrogens is 2. The molecule has 96 valence electrons. The van der Waals surface area contributed by atoms with Crippen molar-refractivity contribution >= 4 is 21.7 Å². The third-order valence-electron chi connectivity index (χ3n) is 3.01. The summed E-state index contributed by atoms with van der Waals surface area (Å²) in [4.78, 5) is 4.44. The summed E-state index contributed by atoms with van der Waals surface area (Å²) < 4.78 is 3.06. The average molecular weight is 308 g/mol. The summed E-state index contributed by atoms with van der Waals surface area (Å²) in [5, 5.41) is 0. The number of nitrogens with two attached hydrogens (primary N) is 1. The molecule has 2 N–H and O–H groups in total. The maximum absolute atomic E-state index is 6.16. The molecule has 1 heterocycles. The Hall–Kier alpha value is -1.29. The van der Waals surface area contributed by atoms with E-state index in [-0.39, 0.29) is 0 Å². The second kappa shape index (κ2) is 5.57. The molecule has 4 heteroatoms. The highest BCUT2D eigenvalue weighted by atomic mass is 79.9. The summed E-state index contributed by atoms with van der Waals surface area (Å²) in [6.45, 7) is 5.17. The van der Waals surface area contributed by atoms with E-state index in [1.54, 1.807) is 0 Å². The van der Waals surface area contributed by atoms with Crippen LogP contribution in [0.5, 0.6) is 0 Å². The van der Waals surface area contributed by atoms with Crippen LogP contribution >= 0.6 is 15.9 Å². The number of hydrogen-bond acceptors (Lipinski definition) is 2. The molecule has 0 fully saturated rings. The Morgan fingerprint density at radius 1 is 1.39 bits per heavy atom. The van der Waals surface area contributed by atoms with Crippen molar-refractivity contribution in [1.82, 2.24) is 9.55 Å². The minimum absolute atomic E-state index is 0.744. The number of nitrogens with zero attached hydrogens (tertiary/aromatic N) is 2. The van der Waals surface area contributed by atoms with Gasteiger partial charge in [-0.2, -0.15) is 0 Å². The van der Waals surface area contributed by atoms with Gasteiger partial charge in [0.2, 0.25) is 0 Å². The van der Waals surface area contributed by atoms with Crippen LogP contribution in [0, 0.1) is 6.92 Å². The second-order valence-corrected chi connectivity index (χ2v) is 5.36. The zero-order valence-electron chi connectivity index (χ0n) is 10.8. The summed E-state index contributed by atoms with van der Waals surface area (Å²) in [6.07, 6.45) is 4.10. The maximum atomic E-state index is 6.16. The summed E-state index contributed by atoms with van der Waals surface area (Å²) in [6, 6.07) is 6.21. The van der Waals surface area contributed by atoms with Gasteiger partial charge in [-0.25, -0.2) is 4.98 Å². The number of rotatable bonds is 4. The first-order valence-corrected chi connectivity index (χ1v) is 7.00. The molecule has 0 aliphatic heterocycles. The summed E-state index contributed by atoms with van der Waals surface area (Å²) in [5.74, 6) is 0.744. The first-order valence-electron chi connectivity index (χ1n) is 6.20. The third-order valence-corrected chi connectivity index (χ3v) is 3.67. The molecule has 0 bridgehead atoms. The zero-order chi connectivity index (χ0) is 13.1. The van der Waals surface area contributed by atoms with Gasteiger partial charge in [0.05, 0.1) is 6.33 Å². The van der Waals surface area contributed by atoms with Crippen molar-refractivity contribution in [2.75, 3.05) is 5.73 Å². The van der Waals surface area contributed by atoms with Crippen molar-refractivity contribution in [3.8, 4) is 11.3 Å². The quantitative estimate of drug-likeness (QED) is 0.927. The van der Waals surface area contributed by atoms with Crippen LogP contribution < -0.4 is 5.73 Å². The van der Waals surface area contributed by atoms with E-state index in [2.05, 4.69) is 53.0 Å². The van der Waals surface area contributed by atoms with Gasteiger partial charge in [0.1, 0.15) is 11.5 Å². The van der Waals surface area contributed by atoms with Crippen molar-refractivity contribution in [3.05, 3.63) is 34.6 Å². The summed E-state index contributed by atoms with van der Waals surface area (Å²) in [5.41, 5.74) is 9.29. The molecule has 3 nitrogen and oxygen atoms in total. The molecule has 1 aromatic heterocycles. The van der Waals surface area contributed by atoms with Crippen molar-refractivity contribution in [2.45, 2.75) is 33.2 Å². The molecular weight excluding hydrogens is 290 g/mol. The number of anilines is 1. The number of nitrogen functional groups attached to an aromatic ring is 1. The van der Waals surface area contributed by atoms with Crippen LogP contribution in [-0.2, 0) is 6.54 Å². The van der Waals surface area contributed by atoms with E-state index >= 15 is 0 Å². The summed E-state index contributed by atoms with van der Waals surface area (Å²) >= 11 is 3.58. The lowest BCUT2D eigenvalue weighted by Gasteiger charge is -2.06. The Morgan fingerprint density at radius 2 is 2.17 bits per heavy atom. The monoisotopic (exact) mass is 307 g/mol. The molecule has 0 aliphatic carbocycles. The molecule has 0 saturated carbocycles. The fraction of sp³-hybridized carbons (Fsp3) is 0.357. The van der Waals surface area contributed by atoms with Gasteiger partial charge in [0.15, 0.2) is 0 Å². The van der Waals surface area contributed by atoms with Crippen LogP contribution in [0.25, 0.3) is 11.3 Å². The van der Waals surface area contributed by atoms with Gasteiger partial charge in [-0.05, 0) is 25.0 Å². The van der Waals surface area contributed by atoms with Crippen LogP contribution in [0.4, 0.5) is 5.82 Å². The lowest BCUT2D eigenvalue weighted by Crippen LogP contribution is -2.02. The van der Waals surface area contributed by atoms with Crippen LogP contribution in [-0.4, -0.2) is 9.55 Å². The second-order valence-electron chi connectivity index (χ2n) is 4.51. The molecular formula is C14H18BrN3. The molecule has 0 aliphatic rings. The van der Waals surface area contributed by atoms with Gasteiger partial charge < -0.3 is 10.3 Å². The van der Waals surface area contributed by atoms with Gasteiger partial charge >= 0.3 is 0 Å². The van der Waals surface area contributed by atoms with E-state index in [4.69, 9.17) is 5.73 Å². The fourth-order valence-corrected chi connectivity index (χ4v) is 2.60. The predicted molar refractivity (Wildman–Crippen MR) is 79.4 cm³/mol. The number of unbranched alkanes of at least 4 members (excludes halogenated alkanes) is 1. The molecule has 0 radical (unpaired) electrons. The predicted octanol–water partition coefficient (Wildman–Crippen LogP) is 4.00. The lowest BCUT2D eigenvalue weighted by molar-refractivity contribution is 0.637. The Kier molecular flexibility index (Phi) is 4.07. The molecule has 0 saturated heterocycles. The van der Waals surface area contributed by atoms with Crippen LogP contribution in [0.3, 0.4) is 0 Å². The van der Waals surface area contributed by atoms with Gasteiger partial charge in [-0.15, -0.1) is 0 Å². The highest BCUT2D eigenvalue weighted by molar-refractivity contribution is 9.10. The highest BCUT2D eigenvalue weighted by Crippen LogP contribution is 2.31. The number of aryl methyl sites for hydroxylation is 2. The van der Waals surface area contributed by atoms with Crippen molar-refractivity contribution in [1.29, 1.82) is 0 Å². The normalized spacial score (nSPS) is 10.8. The zero-order valence-corrected chi connectivity index (χ0v) is 12.4. The Labute approximate surface area is 116 Å². The Bertz CT molecular complexity index is 546. The van der Waals surface area contributed by atoms with Crippen molar-refractivity contribution < 1.29 is 0 Å². The topological polar surface area (TPSA) is 43.8 Å². The van der Waals surface area contributed by atoms with Gasteiger partial charge in [0, 0.05) is 16.6 Å². The SMILES string of the molecule is CCCCn1cnc(-c2ccc(C)cc2Br)c1N. The maximum Gasteiger partial charge on any atom is 0.131 e. The highest BCUT2D eigenvalue weighted by Gasteiger charge is 2.12. The minimum Gasteiger partial charge on any atom is -0.383 e. The van der Waals surface area contributed by atoms with E-state index < -0.39 is 0 Å². The molecule has 0 spiro atoms. The van der Waals surface area contributed by atoms with E-state index in [0.717, 1.165) is 40.9 Å². The van der Waals surface area contributed by atoms with Crippen LogP contribution in [0.15, 0.2) is 29.0 Å². The molecule has 0 amide bonds. The molecule has 0 unspecified atom stereocenters. The smallest absolute Gasteiger partial charge is 0.131 e. The fourth-order valence-electron chi connectivity index (χ4n) is 1.92. The molecule has 2 rings (SSSR count). The van der Waals surface area contributed by atoms with Crippen LogP contribution in [0.1, 0.15) is 25.3 Å². The standard InChI is InChI=1S/C14H18BrN3/c1-3-4-7-18-9-17-13(14(18)16)11-6-5-10(2)8-12(11)15/h5-6,8-9H,3-4,7,16H2,1-2H3. The molecule has 0 atom stereocenters. The molecule has 2 aromatic rings. The first-order chi connectivity index (χ1) is 8.63. The van der Waals surface area contributed by atoms with E-state index in [9.17, 15) is 0 Å². The van der Waals surface area contributed by atoms with E-state index in [1.165, 1.54) is 5.56 Å². The van der Waals surface area contributed by atoms with Crippen molar-refractivity contribution in [3.63, 3.8) is 0 Å². The first kappa shape index (κ1) is 13.1. The average Bonchev–Trinajstić information content (AvgIpc) is 2.68. The number of halogens is 1. The summed E-state index contributed by atoms with van der Waals surface area (Å²) in [7, 11) is 0. The largest absolute Gasteiger partial charge is 0.383 e. The van der Waals surface area contributed by atoms with E-state index in [0.29, 0.717) is 0 Å². The minimum atomic E-state index is 0.744. The molecule has 1 aromatic carbocycles.